The number of alkyl halides is 6. The van der Waals surface area contributed by atoms with Crippen LogP contribution in [0.2, 0.25) is 0 Å². The number of halogens is 6. The molecule has 0 saturated carbocycles. The van der Waals surface area contributed by atoms with Crippen molar-refractivity contribution in [3.05, 3.63) is 71.3 Å². The molecular weight excluding hydrogens is 332 g/mol. The van der Waals surface area contributed by atoms with Crippen LogP contribution in [0.1, 0.15) is 16.7 Å². The maximum atomic E-state index is 12.7. The lowest BCUT2D eigenvalue weighted by atomic mass is 10.1. The van der Waals surface area contributed by atoms with Gasteiger partial charge in [0.2, 0.25) is 0 Å². The molecule has 7 heteroatoms. The quantitative estimate of drug-likeness (QED) is 0.469. The van der Waals surface area contributed by atoms with Crippen molar-refractivity contribution in [3.8, 4) is 0 Å². The predicted molar refractivity (Wildman–Crippen MR) is 80.1 cm³/mol. The average molecular weight is 343 g/mol. The number of benzene rings is 2. The number of rotatable bonds is 3. The molecule has 0 radical (unpaired) electrons. The Morgan fingerprint density at radius 3 is 1.79 bits per heavy atom. The molecule has 0 aliphatic rings. The summed E-state index contributed by atoms with van der Waals surface area (Å²) in [6.07, 6.45) is -5.57. The lowest BCUT2D eigenvalue weighted by Gasteiger charge is -2.12. The van der Waals surface area contributed by atoms with Crippen LogP contribution in [0.3, 0.4) is 0 Å². The van der Waals surface area contributed by atoms with Crippen LogP contribution in [0.15, 0.2) is 59.6 Å². The summed E-state index contributed by atoms with van der Waals surface area (Å²) in [4.78, 5) is 3.66. The third-order valence-corrected chi connectivity index (χ3v) is 2.97. The number of hydrogen-bond acceptors (Lipinski definition) is 1. The summed E-state index contributed by atoms with van der Waals surface area (Å²) in [5.41, 5.74) is -2.38. The summed E-state index contributed by atoms with van der Waals surface area (Å²) >= 11 is 0. The van der Waals surface area contributed by atoms with Crippen LogP contribution in [0.25, 0.3) is 6.08 Å². The summed E-state index contributed by atoms with van der Waals surface area (Å²) in [7, 11) is 0. The molecule has 2 rings (SSSR count). The van der Waals surface area contributed by atoms with Gasteiger partial charge in [-0.25, -0.2) is 0 Å². The van der Waals surface area contributed by atoms with Crippen molar-refractivity contribution in [2.75, 3.05) is 0 Å². The zero-order chi connectivity index (χ0) is 17.8. The predicted octanol–water partition coefficient (Wildman–Crippen LogP) is 6.14. The molecular formula is C17H11F6N. The van der Waals surface area contributed by atoms with Crippen molar-refractivity contribution < 1.29 is 26.3 Å². The first-order valence-electron chi connectivity index (χ1n) is 6.71. The minimum absolute atomic E-state index is 0.0683. The molecule has 24 heavy (non-hydrogen) atoms. The fourth-order valence-corrected chi connectivity index (χ4v) is 1.86. The summed E-state index contributed by atoms with van der Waals surface area (Å²) in [6, 6.07) is 10.2. The SMILES string of the molecule is FC(F)(F)c1cc(N=C/C=C/c2ccccc2)cc(C(F)(F)F)c1. The number of hydrogen-bond donors (Lipinski definition) is 0. The van der Waals surface area contributed by atoms with E-state index in [-0.39, 0.29) is 6.07 Å². The Hall–Kier alpha value is -2.57. The monoisotopic (exact) mass is 343 g/mol. The Balaban J connectivity index is 2.29. The molecule has 0 heterocycles. The zero-order valence-corrected chi connectivity index (χ0v) is 12.1. The molecule has 2 aromatic carbocycles. The van der Waals surface area contributed by atoms with E-state index < -0.39 is 29.2 Å². The van der Waals surface area contributed by atoms with Gasteiger partial charge in [-0.1, -0.05) is 36.4 Å². The van der Waals surface area contributed by atoms with Gasteiger partial charge in [-0.05, 0) is 29.8 Å². The highest BCUT2D eigenvalue weighted by molar-refractivity contribution is 5.80. The van der Waals surface area contributed by atoms with Gasteiger partial charge in [-0.15, -0.1) is 0 Å². The molecule has 0 aromatic heterocycles. The molecule has 1 nitrogen and oxygen atoms in total. The maximum Gasteiger partial charge on any atom is 0.416 e. The van der Waals surface area contributed by atoms with Gasteiger partial charge in [0.05, 0.1) is 16.8 Å². The zero-order valence-electron chi connectivity index (χ0n) is 12.1. The van der Waals surface area contributed by atoms with Gasteiger partial charge in [0.25, 0.3) is 0 Å². The van der Waals surface area contributed by atoms with Crippen LogP contribution in [-0.2, 0) is 12.4 Å². The summed E-state index contributed by atoms with van der Waals surface area (Å²) in [5.74, 6) is 0. The molecule has 0 unspecified atom stereocenters. The van der Waals surface area contributed by atoms with Gasteiger partial charge in [-0.2, -0.15) is 26.3 Å². The van der Waals surface area contributed by atoms with E-state index >= 15 is 0 Å². The first kappa shape index (κ1) is 17.8. The van der Waals surface area contributed by atoms with Crippen molar-refractivity contribution in [2.24, 2.45) is 4.99 Å². The average Bonchev–Trinajstić information content (AvgIpc) is 2.51. The van der Waals surface area contributed by atoms with Crippen LogP contribution >= 0.6 is 0 Å². The van der Waals surface area contributed by atoms with E-state index in [0.29, 0.717) is 12.1 Å². The van der Waals surface area contributed by atoms with Gasteiger partial charge >= 0.3 is 12.4 Å². The first-order chi connectivity index (χ1) is 11.2. The normalized spacial score (nSPS) is 13.1. The largest absolute Gasteiger partial charge is 0.416 e. The Kier molecular flexibility index (Phi) is 5.11. The highest BCUT2D eigenvalue weighted by atomic mass is 19.4. The van der Waals surface area contributed by atoms with Crippen LogP contribution in [0.5, 0.6) is 0 Å². The minimum Gasteiger partial charge on any atom is -0.257 e. The van der Waals surface area contributed by atoms with Crippen molar-refractivity contribution in [3.63, 3.8) is 0 Å². The Morgan fingerprint density at radius 1 is 0.750 bits per heavy atom. The van der Waals surface area contributed by atoms with Crippen molar-refractivity contribution in [1.82, 2.24) is 0 Å². The van der Waals surface area contributed by atoms with E-state index in [4.69, 9.17) is 0 Å². The van der Waals surface area contributed by atoms with E-state index in [2.05, 4.69) is 4.99 Å². The van der Waals surface area contributed by atoms with Gasteiger partial charge in [0.15, 0.2) is 0 Å². The molecule has 0 spiro atoms. The molecule has 0 amide bonds. The second-order valence-corrected chi connectivity index (χ2v) is 4.81. The standard InChI is InChI=1S/C17H11F6N/c18-16(19,20)13-9-14(17(21,22)23)11-15(10-13)24-8-4-7-12-5-2-1-3-6-12/h1-11H/b7-4+,24-8?. The first-order valence-corrected chi connectivity index (χ1v) is 6.71. The van der Waals surface area contributed by atoms with Crippen molar-refractivity contribution in [2.45, 2.75) is 12.4 Å². The van der Waals surface area contributed by atoms with Crippen LogP contribution in [0, 0.1) is 0 Å². The molecule has 0 bridgehead atoms. The van der Waals surface area contributed by atoms with Gasteiger partial charge in [-0.3, -0.25) is 4.99 Å². The van der Waals surface area contributed by atoms with Gasteiger partial charge < -0.3 is 0 Å². The highest BCUT2D eigenvalue weighted by Crippen LogP contribution is 2.38. The lowest BCUT2D eigenvalue weighted by Crippen LogP contribution is -2.10. The highest BCUT2D eigenvalue weighted by Gasteiger charge is 2.36. The molecule has 0 fully saturated rings. The van der Waals surface area contributed by atoms with Crippen LogP contribution in [0.4, 0.5) is 32.0 Å². The van der Waals surface area contributed by atoms with E-state index in [1.165, 1.54) is 6.08 Å². The van der Waals surface area contributed by atoms with E-state index in [0.717, 1.165) is 11.8 Å². The van der Waals surface area contributed by atoms with Gasteiger partial charge in [0, 0.05) is 6.21 Å². The third kappa shape index (κ3) is 4.97. The Labute approximate surface area is 134 Å². The molecule has 126 valence electrons. The van der Waals surface area contributed by atoms with Crippen LogP contribution in [-0.4, -0.2) is 6.21 Å². The van der Waals surface area contributed by atoms with Gasteiger partial charge in [0.1, 0.15) is 0 Å². The molecule has 0 saturated heterocycles. The number of allylic oxidation sites excluding steroid dienone is 1. The summed E-state index contributed by atoms with van der Waals surface area (Å²) in [5, 5.41) is 0. The summed E-state index contributed by atoms with van der Waals surface area (Å²) in [6.45, 7) is 0. The van der Waals surface area contributed by atoms with Crippen molar-refractivity contribution >= 4 is 18.0 Å². The molecule has 2 aromatic rings. The maximum absolute atomic E-state index is 12.7. The van der Waals surface area contributed by atoms with Crippen LogP contribution < -0.4 is 0 Å². The number of aliphatic imine (C=N–C) groups is 1. The molecule has 0 aliphatic heterocycles. The smallest absolute Gasteiger partial charge is 0.257 e. The molecule has 0 N–H and O–H groups in total. The fraction of sp³-hybridized carbons (Fsp3) is 0.118. The lowest BCUT2D eigenvalue weighted by molar-refractivity contribution is -0.143. The molecule has 0 aliphatic carbocycles. The Bertz CT molecular complexity index is 710. The number of nitrogens with zero attached hydrogens (tertiary/aromatic N) is 1. The minimum atomic E-state index is -4.88. The van der Waals surface area contributed by atoms with E-state index in [9.17, 15) is 26.3 Å². The summed E-state index contributed by atoms with van der Waals surface area (Å²) < 4.78 is 76.3. The second kappa shape index (κ2) is 6.90. The fourth-order valence-electron chi connectivity index (χ4n) is 1.86. The second-order valence-electron chi connectivity index (χ2n) is 4.81. The van der Waals surface area contributed by atoms with E-state index in [1.807, 2.05) is 6.07 Å². The topological polar surface area (TPSA) is 12.4 Å². The van der Waals surface area contributed by atoms with E-state index in [1.54, 1.807) is 30.3 Å². The Morgan fingerprint density at radius 2 is 1.29 bits per heavy atom. The van der Waals surface area contributed by atoms with Crippen molar-refractivity contribution in [1.29, 1.82) is 0 Å². The molecule has 0 atom stereocenters. The third-order valence-electron chi connectivity index (χ3n) is 2.97.